The molecule has 0 aliphatic heterocycles. The van der Waals surface area contributed by atoms with Crippen molar-refractivity contribution in [2.75, 3.05) is 0 Å². The van der Waals surface area contributed by atoms with Gasteiger partial charge in [0.05, 0.1) is 10.9 Å². The number of aromatic nitrogens is 3. The summed E-state index contributed by atoms with van der Waals surface area (Å²) in [5, 5.41) is 6.32. The van der Waals surface area contributed by atoms with Crippen LogP contribution in [0.1, 0.15) is 29.9 Å². The SMILES string of the molecule is Cc1ccc(C(N)=S)cc1S(=O)(=O)NC(C)c1ncn[nH]1. The Morgan fingerprint density at radius 2 is 2.19 bits per heavy atom. The second-order valence-corrected chi connectivity index (χ2v) is 6.68. The van der Waals surface area contributed by atoms with Gasteiger partial charge in [0.15, 0.2) is 0 Å². The van der Waals surface area contributed by atoms with Crippen LogP contribution in [0.3, 0.4) is 0 Å². The summed E-state index contributed by atoms with van der Waals surface area (Å²) in [5.74, 6) is 0.432. The van der Waals surface area contributed by atoms with Crippen LogP contribution < -0.4 is 10.5 Å². The fourth-order valence-corrected chi connectivity index (χ4v) is 3.42. The van der Waals surface area contributed by atoms with Crippen LogP contribution in [-0.2, 0) is 10.0 Å². The number of nitrogens with one attached hydrogen (secondary N) is 2. The van der Waals surface area contributed by atoms with E-state index in [9.17, 15) is 8.42 Å². The van der Waals surface area contributed by atoms with Crippen molar-refractivity contribution in [3.05, 3.63) is 41.5 Å². The molecule has 0 amide bonds. The Bertz CT molecular complexity index is 756. The molecule has 21 heavy (non-hydrogen) atoms. The van der Waals surface area contributed by atoms with Crippen LogP contribution in [-0.4, -0.2) is 28.6 Å². The van der Waals surface area contributed by atoms with E-state index in [1.807, 2.05) is 0 Å². The molecule has 0 saturated heterocycles. The van der Waals surface area contributed by atoms with Crippen LogP contribution in [0.5, 0.6) is 0 Å². The Morgan fingerprint density at radius 1 is 1.48 bits per heavy atom. The Morgan fingerprint density at radius 3 is 2.76 bits per heavy atom. The molecule has 9 heteroatoms. The second kappa shape index (κ2) is 5.88. The third-order valence-electron chi connectivity index (χ3n) is 2.94. The van der Waals surface area contributed by atoms with Crippen molar-refractivity contribution in [1.82, 2.24) is 19.9 Å². The molecule has 0 fully saturated rings. The number of aromatic amines is 1. The number of hydrogen-bond acceptors (Lipinski definition) is 5. The van der Waals surface area contributed by atoms with Crippen LogP contribution in [0.2, 0.25) is 0 Å². The van der Waals surface area contributed by atoms with Crippen LogP contribution >= 0.6 is 12.2 Å². The van der Waals surface area contributed by atoms with Gasteiger partial charge in [0, 0.05) is 5.56 Å². The van der Waals surface area contributed by atoms with Crippen molar-refractivity contribution in [1.29, 1.82) is 0 Å². The van der Waals surface area contributed by atoms with E-state index in [1.165, 1.54) is 12.4 Å². The number of thiocarbonyl (C=S) groups is 1. The van der Waals surface area contributed by atoms with E-state index < -0.39 is 16.1 Å². The van der Waals surface area contributed by atoms with E-state index >= 15 is 0 Å². The standard InChI is InChI=1S/C12H15N5O2S2/c1-7-3-4-9(11(13)20)5-10(7)21(18,19)17-8(2)12-14-6-15-16-12/h3-6,8,17H,1-2H3,(H2,13,20)(H,14,15,16). The van der Waals surface area contributed by atoms with Crippen LogP contribution in [0.4, 0.5) is 0 Å². The topological polar surface area (TPSA) is 114 Å². The summed E-state index contributed by atoms with van der Waals surface area (Å²) in [4.78, 5) is 4.21. The highest BCUT2D eigenvalue weighted by Gasteiger charge is 2.22. The lowest BCUT2D eigenvalue weighted by Gasteiger charge is -2.14. The first kappa shape index (κ1) is 15.5. The molecule has 0 aliphatic carbocycles. The number of nitrogens with zero attached hydrogens (tertiary/aromatic N) is 2. The summed E-state index contributed by atoms with van der Waals surface area (Å²) in [7, 11) is -3.73. The van der Waals surface area contributed by atoms with E-state index in [0.717, 1.165) is 0 Å². The highest BCUT2D eigenvalue weighted by molar-refractivity contribution is 7.89. The van der Waals surface area contributed by atoms with Crippen LogP contribution in [0, 0.1) is 6.92 Å². The summed E-state index contributed by atoms with van der Waals surface area (Å²) in [5.41, 5.74) is 6.65. The molecule has 1 aromatic carbocycles. The molecule has 1 atom stereocenters. The number of H-pyrrole nitrogens is 1. The predicted octanol–water partition coefficient (Wildman–Crippen LogP) is 0.787. The third-order valence-corrected chi connectivity index (χ3v) is 4.86. The van der Waals surface area contributed by atoms with E-state index in [4.69, 9.17) is 18.0 Å². The minimum atomic E-state index is -3.73. The highest BCUT2D eigenvalue weighted by atomic mass is 32.2. The maximum absolute atomic E-state index is 12.5. The Labute approximate surface area is 128 Å². The largest absolute Gasteiger partial charge is 0.389 e. The molecule has 1 aromatic heterocycles. The third kappa shape index (κ3) is 3.43. The van der Waals surface area contributed by atoms with Crippen molar-refractivity contribution < 1.29 is 8.42 Å². The summed E-state index contributed by atoms with van der Waals surface area (Å²) < 4.78 is 27.5. The number of hydrogen-bond donors (Lipinski definition) is 3. The zero-order valence-corrected chi connectivity index (χ0v) is 13.1. The lowest BCUT2D eigenvalue weighted by molar-refractivity contribution is 0.559. The van der Waals surface area contributed by atoms with E-state index in [2.05, 4.69) is 19.9 Å². The molecule has 0 spiro atoms. The summed E-state index contributed by atoms with van der Waals surface area (Å²) >= 11 is 4.88. The lowest BCUT2D eigenvalue weighted by atomic mass is 10.1. The van der Waals surface area contributed by atoms with Gasteiger partial charge in [-0.25, -0.2) is 18.1 Å². The Hall–Kier alpha value is -1.84. The van der Waals surface area contributed by atoms with Crippen LogP contribution in [0.25, 0.3) is 0 Å². The van der Waals surface area contributed by atoms with Gasteiger partial charge in [-0.1, -0.05) is 24.4 Å². The van der Waals surface area contributed by atoms with E-state index in [1.54, 1.807) is 26.0 Å². The lowest BCUT2D eigenvalue weighted by Crippen LogP contribution is -2.28. The highest BCUT2D eigenvalue weighted by Crippen LogP contribution is 2.19. The van der Waals surface area contributed by atoms with Crippen molar-refractivity contribution in [3.63, 3.8) is 0 Å². The molecule has 112 valence electrons. The summed E-state index contributed by atoms with van der Waals surface area (Å²) in [6, 6.07) is 4.29. The molecule has 1 unspecified atom stereocenters. The number of aryl methyl sites for hydroxylation is 1. The smallest absolute Gasteiger partial charge is 0.241 e. The fourth-order valence-electron chi connectivity index (χ4n) is 1.82. The molecule has 0 aliphatic rings. The van der Waals surface area contributed by atoms with Crippen molar-refractivity contribution in [2.24, 2.45) is 5.73 Å². The normalized spacial score (nSPS) is 13.0. The van der Waals surface area contributed by atoms with Crippen molar-refractivity contribution in [2.45, 2.75) is 24.8 Å². The van der Waals surface area contributed by atoms with Gasteiger partial charge in [-0.3, -0.25) is 5.10 Å². The maximum Gasteiger partial charge on any atom is 0.241 e. The fraction of sp³-hybridized carbons (Fsp3) is 0.250. The summed E-state index contributed by atoms with van der Waals surface area (Å²) in [6.45, 7) is 3.38. The minimum absolute atomic E-state index is 0.138. The van der Waals surface area contributed by atoms with Crippen LogP contribution in [0.15, 0.2) is 29.4 Å². The first-order chi connectivity index (χ1) is 9.81. The van der Waals surface area contributed by atoms with Gasteiger partial charge in [-0.15, -0.1) is 0 Å². The molecule has 4 N–H and O–H groups in total. The van der Waals surface area contributed by atoms with E-state index in [0.29, 0.717) is 17.0 Å². The van der Waals surface area contributed by atoms with Gasteiger partial charge in [-0.05, 0) is 25.5 Å². The first-order valence-electron chi connectivity index (χ1n) is 6.09. The van der Waals surface area contributed by atoms with Gasteiger partial charge in [0.25, 0.3) is 0 Å². The first-order valence-corrected chi connectivity index (χ1v) is 7.98. The maximum atomic E-state index is 12.5. The monoisotopic (exact) mass is 325 g/mol. The molecule has 0 bridgehead atoms. The van der Waals surface area contributed by atoms with Crippen molar-refractivity contribution >= 4 is 27.2 Å². The second-order valence-electron chi connectivity index (χ2n) is 4.56. The number of nitrogens with two attached hydrogens (primary N) is 1. The quantitative estimate of drug-likeness (QED) is 0.700. The molecule has 2 rings (SSSR count). The molecule has 2 aromatic rings. The molecule has 7 nitrogen and oxygen atoms in total. The van der Waals surface area contributed by atoms with Gasteiger partial charge in [0.2, 0.25) is 10.0 Å². The van der Waals surface area contributed by atoms with Gasteiger partial charge >= 0.3 is 0 Å². The predicted molar refractivity (Wildman–Crippen MR) is 82.2 cm³/mol. The number of sulfonamides is 1. The summed E-state index contributed by atoms with van der Waals surface area (Å²) in [6.07, 6.45) is 1.32. The van der Waals surface area contributed by atoms with E-state index in [-0.39, 0.29) is 9.88 Å². The molecular weight excluding hydrogens is 310 g/mol. The molecular formula is C12H15N5O2S2. The average Bonchev–Trinajstić information content (AvgIpc) is 2.92. The van der Waals surface area contributed by atoms with Gasteiger partial charge in [0.1, 0.15) is 17.1 Å². The minimum Gasteiger partial charge on any atom is -0.389 e. The molecule has 0 radical (unpaired) electrons. The average molecular weight is 325 g/mol. The zero-order valence-electron chi connectivity index (χ0n) is 11.5. The molecule has 1 heterocycles. The van der Waals surface area contributed by atoms with Gasteiger partial charge in [-0.2, -0.15) is 5.10 Å². The van der Waals surface area contributed by atoms with Crippen molar-refractivity contribution in [3.8, 4) is 0 Å². The number of benzene rings is 1. The Balaban J connectivity index is 2.35. The Kier molecular flexibility index (Phi) is 4.35. The van der Waals surface area contributed by atoms with Gasteiger partial charge < -0.3 is 5.73 Å². The zero-order chi connectivity index (χ0) is 15.6. The number of rotatable bonds is 5. The molecule has 0 saturated carbocycles.